The second kappa shape index (κ2) is 18.4. The van der Waals surface area contributed by atoms with Crippen molar-refractivity contribution in [1.82, 2.24) is 16.0 Å². The van der Waals surface area contributed by atoms with Crippen molar-refractivity contribution < 1.29 is 28.7 Å². The molecule has 3 aromatic carbocycles. The normalized spacial score (nSPS) is 13.1. The molecule has 47 heavy (non-hydrogen) atoms. The number of fused-ring (bicyclic) bond motifs is 3. The second-order valence-electron chi connectivity index (χ2n) is 11.6. The smallest absolute Gasteiger partial charge is 0.407 e. The van der Waals surface area contributed by atoms with Crippen molar-refractivity contribution in [1.29, 1.82) is 0 Å². The maximum atomic E-state index is 13.0. The molecule has 0 aliphatic heterocycles. The van der Waals surface area contributed by atoms with Crippen LogP contribution in [0.5, 0.6) is 0 Å². The molecule has 0 fully saturated rings. The van der Waals surface area contributed by atoms with Crippen LogP contribution in [0.25, 0.3) is 11.1 Å². The van der Waals surface area contributed by atoms with E-state index >= 15 is 0 Å². The predicted molar refractivity (Wildman–Crippen MR) is 179 cm³/mol. The number of carbonyl (C=O) groups excluding carboxylic acids is 4. The molecule has 0 saturated heterocycles. The Morgan fingerprint density at radius 2 is 1.36 bits per heavy atom. The maximum Gasteiger partial charge on any atom is 0.407 e. The summed E-state index contributed by atoms with van der Waals surface area (Å²) in [7, 11) is 0. The fourth-order valence-electron chi connectivity index (χ4n) is 5.57. The standard InChI is InChI=1S/C36H45N5O6/c37-20-10-8-18-31(38)34(43)41-32(35(44)40-22-33(42)46-23-25-12-2-1-3-13-25)19-9-11-21-39-36(45)47-24-30-28-16-6-4-14-26(28)27-15-5-7-17-29(27)30/h1-7,12-17,30-32H,8-11,18-24,37-38H2,(H,39,45)(H,40,44)(H,41,43). The van der Waals surface area contributed by atoms with Crippen molar-refractivity contribution in [2.75, 3.05) is 26.2 Å². The number of ether oxygens (including phenoxy) is 2. The quantitative estimate of drug-likeness (QED) is 0.103. The molecule has 11 heteroatoms. The van der Waals surface area contributed by atoms with Gasteiger partial charge in [0.05, 0.1) is 6.04 Å². The van der Waals surface area contributed by atoms with E-state index in [4.69, 9.17) is 20.9 Å². The van der Waals surface area contributed by atoms with Crippen LogP contribution in [-0.4, -0.2) is 62.2 Å². The Morgan fingerprint density at radius 1 is 0.723 bits per heavy atom. The minimum atomic E-state index is -0.917. The number of unbranched alkanes of at least 4 members (excludes halogenated alkanes) is 2. The number of nitrogens with one attached hydrogen (secondary N) is 3. The number of carbonyl (C=O) groups is 4. The molecular formula is C36H45N5O6. The molecule has 0 spiro atoms. The van der Waals surface area contributed by atoms with Gasteiger partial charge in [-0.15, -0.1) is 0 Å². The zero-order valence-corrected chi connectivity index (χ0v) is 26.6. The van der Waals surface area contributed by atoms with Crippen molar-refractivity contribution in [2.45, 2.75) is 63.1 Å². The monoisotopic (exact) mass is 643 g/mol. The predicted octanol–water partition coefficient (Wildman–Crippen LogP) is 3.50. The van der Waals surface area contributed by atoms with Gasteiger partial charge in [0, 0.05) is 12.5 Å². The summed E-state index contributed by atoms with van der Waals surface area (Å²) in [5.41, 5.74) is 17.0. The molecule has 2 atom stereocenters. The Hall–Kier alpha value is -4.74. The molecule has 2 unspecified atom stereocenters. The van der Waals surface area contributed by atoms with Crippen LogP contribution in [-0.2, 0) is 30.5 Å². The summed E-state index contributed by atoms with van der Waals surface area (Å²) < 4.78 is 10.8. The molecule has 7 N–H and O–H groups in total. The highest BCUT2D eigenvalue weighted by Crippen LogP contribution is 2.44. The first-order chi connectivity index (χ1) is 22.9. The average Bonchev–Trinajstić information content (AvgIpc) is 3.42. The van der Waals surface area contributed by atoms with E-state index < -0.39 is 36.0 Å². The van der Waals surface area contributed by atoms with E-state index in [-0.39, 0.29) is 32.1 Å². The van der Waals surface area contributed by atoms with Crippen LogP contribution < -0.4 is 27.4 Å². The van der Waals surface area contributed by atoms with Crippen molar-refractivity contribution in [3.63, 3.8) is 0 Å². The van der Waals surface area contributed by atoms with E-state index in [1.54, 1.807) is 0 Å². The highest BCUT2D eigenvalue weighted by Gasteiger charge is 2.29. The van der Waals surface area contributed by atoms with E-state index in [1.165, 1.54) is 0 Å². The molecule has 3 amide bonds. The summed E-state index contributed by atoms with van der Waals surface area (Å²) in [5, 5.41) is 8.05. The number of alkyl carbamates (subject to hydrolysis) is 1. The summed E-state index contributed by atoms with van der Waals surface area (Å²) in [5.74, 6) is -1.61. The van der Waals surface area contributed by atoms with Crippen LogP contribution in [0.2, 0.25) is 0 Å². The Balaban J connectivity index is 1.21. The Kier molecular flexibility index (Phi) is 13.8. The van der Waals surface area contributed by atoms with Gasteiger partial charge in [-0.3, -0.25) is 14.4 Å². The number of hydrogen-bond acceptors (Lipinski definition) is 8. The largest absolute Gasteiger partial charge is 0.460 e. The van der Waals surface area contributed by atoms with E-state index in [0.717, 1.165) is 34.2 Å². The van der Waals surface area contributed by atoms with Crippen LogP contribution in [0.15, 0.2) is 78.9 Å². The lowest BCUT2D eigenvalue weighted by Crippen LogP contribution is -2.52. The van der Waals surface area contributed by atoms with Gasteiger partial charge in [-0.1, -0.05) is 85.3 Å². The lowest BCUT2D eigenvalue weighted by atomic mass is 9.98. The Morgan fingerprint density at radius 3 is 2.04 bits per heavy atom. The molecule has 3 aromatic rings. The second-order valence-corrected chi connectivity index (χ2v) is 11.6. The number of amides is 3. The molecule has 0 bridgehead atoms. The van der Waals surface area contributed by atoms with Crippen molar-refractivity contribution in [2.24, 2.45) is 11.5 Å². The van der Waals surface area contributed by atoms with Crippen LogP contribution >= 0.6 is 0 Å². The Labute approximate surface area is 275 Å². The fraction of sp³-hybridized carbons (Fsp3) is 0.389. The minimum absolute atomic E-state index is 0.0340. The van der Waals surface area contributed by atoms with Gasteiger partial charge in [0.1, 0.15) is 25.8 Å². The van der Waals surface area contributed by atoms with Crippen molar-refractivity contribution in [3.8, 4) is 11.1 Å². The molecule has 11 nitrogen and oxygen atoms in total. The third-order valence-electron chi connectivity index (χ3n) is 8.12. The lowest BCUT2D eigenvalue weighted by Gasteiger charge is -2.21. The third kappa shape index (κ3) is 10.7. The molecule has 1 aliphatic rings. The first kappa shape index (κ1) is 35.1. The maximum absolute atomic E-state index is 13.0. The lowest BCUT2D eigenvalue weighted by molar-refractivity contribution is -0.145. The molecule has 0 aromatic heterocycles. The highest BCUT2D eigenvalue weighted by atomic mass is 16.5. The number of esters is 1. The van der Waals surface area contributed by atoms with Gasteiger partial charge < -0.3 is 36.9 Å². The summed E-state index contributed by atoms with van der Waals surface area (Å²) in [4.78, 5) is 50.5. The summed E-state index contributed by atoms with van der Waals surface area (Å²) in [6.45, 7) is 0.786. The molecular weight excluding hydrogens is 598 g/mol. The zero-order valence-electron chi connectivity index (χ0n) is 26.6. The molecule has 250 valence electrons. The van der Waals surface area contributed by atoms with Crippen LogP contribution in [0.1, 0.15) is 61.1 Å². The van der Waals surface area contributed by atoms with Gasteiger partial charge >= 0.3 is 12.1 Å². The first-order valence-corrected chi connectivity index (χ1v) is 16.2. The van der Waals surface area contributed by atoms with E-state index in [1.807, 2.05) is 54.6 Å². The number of benzene rings is 3. The SMILES string of the molecule is NCCCCC(N)C(=O)NC(CCCCNC(=O)OCC1c2ccccc2-c2ccccc21)C(=O)NCC(=O)OCc1ccccc1. The van der Waals surface area contributed by atoms with Gasteiger partial charge in [-0.2, -0.15) is 0 Å². The fourth-order valence-corrected chi connectivity index (χ4v) is 5.57. The summed E-state index contributed by atoms with van der Waals surface area (Å²) in [6.07, 6.45) is 2.66. The van der Waals surface area contributed by atoms with Crippen molar-refractivity contribution >= 4 is 23.9 Å². The van der Waals surface area contributed by atoms with Crippen LogP contribution in [0.4, 0.5) is 4.79 Å². The number of hydrogen-bond donors (Lipinski definition) is 5. The molecule has 4 rings (SSSR count). The number of rotatable bonds is 18. The first-order valence-electron chi connectivity index (χ1n) is 16.2. The molecule has 0 heterocycles. The van der Waals surface area contributed by atoms with Crippen LogP contribution in [0, 0.1) is 0 Å². The number of nitrogens with two attached hydrogens (primary N) is 2. The minimum Gasteiger partial charge on any atom is -0.460 e. The van der Waals surface area contributed by atoms with Gasteiger partial charge in [0.2, 0.25) is 11.8 Å². The molecule has 0 radical (unpaired) electrons. The van der Waals surface area contributed by atoms with Crippen molar-refractivity contribution in [3.05, 3.63) is 95.6 Å². The van der Waals surface area contributed by atoms with E-state index in [9.17, 15) is 19.2 Å². The summed E-state index contributed by atoms with van der Waals surface area (Å²) in [6, 6.07) is 23.8. The van der Waals surface area contributed by atoms with Gasteiger partial charge in [-0.05, 0) is 66.5 Å². The third-order valence-corrected chi connectivity index (χ3v) is 8.12. The van der Waals surface area contributed by atoms with Gasteiger partial charge in [0.15, 0.2) is 0 Å². The molecule has 0 saturated carbocycles. The topological polar surface area (TPSA) is 175 Å². The van der Waals surface area contributed by atoms with Crippen LogP contribution in [0.3, 0.4) is 0 Å². The van der Waals surface area contributed by atoms with E-state index in [0.29, 0.717) is 38.8 Å². The molecule has 1 aliphatic carbocycles. The average molecular weight is 644 g/mol. The van der Waals surface area contributed by atoms with Gasteiger partial charge in [0.25, 0.3) is 0 Å². The van der Waals surface area contributed by atoms with Gasteiger partial charge in [-0.25, -0.2) is 4.79 Å². The summed E-state index contributed by atoms with van der Waals surface area (Å²) >= 11 is 0. The van der Waals surface area contributed by atoms with E-state index in [2.05, 4.69) is 40.2 Å². The zero-order chi connectivity index (χ0) is 33.4. The Bertz CT molecular complexity index is 1440. The highest BCUT2D eigenvalue weighted by molar-refractivity contribution is 5.91.